The number of hydrogen-bond donors (Lipinski definition) is 2. The van der Waals surface area contributed by atoms with Crippen molar-refractivity contribution in [2.45, 2.75) is 56.5 Å². The number of imide groups is 1. The van der Waals surface area contributed by atoms with Crippen molar-refractivity contribution in [3.63, 3.8) is 0 Å². The van der Waals surface area contributed by atoms with Gasteiger partial charge in [-0.3, -0.25) is 14.5 Å². The van der Waals surface area contributed by atoms with Crippen LogP contribution in [0.5, 0.6) is 0 Å². The van der Waals surface area contributed by atoms with Crippen LogP contribution in [0.25, 0.3) is 0 Å². The Kier molecular flexibility index (Phi) is 8.98. The van der Waals surface area contributed by atoms with Gasteiger partial charge in [-0.1, -0.05) is 84.4 Å². The Morgan fingerprint density at radius 1 is 0.766 bits per heavy atom. The summed E-state index contributed by atoms with van der Waals surface area (Å²) in [4.78, 5) is 29.4. The lowest BCUT2D eigenvalue weighted by molar-refractivity contribution is -0.253. The molecule has 3 aliphatic heterocycles. The molecule has 0 saturated carbocycles. The number of benzene rings is 4. The minimum absolute atomic E-state index is 0.0233. The van der Waals surface area contributed by atoms with Crippen LogP contribution in [-0.4, -0.2) is 57.6 Å². The molecular formula is C38H37ClN2O6. The Labute approximate surface area is 279 Å². The van der Waals surface area contributed by atoms with E-state index in [0.29, 0.717) is 42.0 Å². The van der Waals surface area contributed by atoms with E-state index in [1.165, 1.54) is 4.90 Å². The van der Waals surface area contributed by atoms with Gasteiger partial charge < -0.3 is 24.6 Å². The maximum absolute atomic E-state index is 12.9. The number of aliphatic hydroxyl groups excluding tert-OH is 1. The highest BCUT2D eigenvalue weighted by Gasteiger charge is 2.38. The second-order valence-corrected chi connectivity index (χ2v) is 13.1. The number of carbonyl (C=O) groups is 2. The monoisotopic (exact) mass is 652 g/mol. The van der Waals surface area contributed by atoms with E-state index < -0.39 is 11.9 Å². The molecule has 2 amide bonds. The third-order valence-corrected chi connectivity index (χ3v) is 9.86. The molecule has 2 fully saturated rings. The van der Waals surface area contributed by atoms with E-state index in [2.05, 4.69) is 4.90 Å². The topological polar surface area (TPSA) is 99.5 Å². The van der Waals surface area contributed by atoms with Crippen molar-refractivity contribution in [3.8, 4) is 0 Å². The van der Waals surface area contributed by atoms with E-state index in [9.17, 15) is 19.8 Å². The molecule has 0 aliphatic carbocycles. The average molecular weight is 653 g/mol. The molecule has 2 N–H and O–H groups in total. The van der Waals surface area contributed by atoms with E-state index in [1.807, 2.05) is 72.8 Å². The van der Waals surface area contributed by atoms with Crippen molar-refractivity contribution < 1.29 is 29.3 Å². The minimum Gasteiger partial charge on any atom is -0.392 e. The Bertz CT molecular complexity index is 1700. The maximum atomic E-state index is 12.9. The van der Waals surface area contributed by atoms with Crippen molar-refractivity contribution >= 4 is 23.4 Å². The number of ether oxygens (including phenoxy) is 2. The van der Waals surface area contributed by atoms with Gasteiger partial charge in [-0.2, -0.15) is 0 Å². The summed E-state index contributed by atoms with van der Waals surface area (Å²) in [5.41, 5.74) is 4.40. The number of halogens is 1. The highest BCUT2D eigenvalue weighted by molar-refractivity contribution is 6.30. The van der Waals surface area contributed by atoms with Crippen molar-refractivity contribution in [3.05, 3.63) is 141 Å². The number of rotatable bonds is 8. The first-order valence-corrected chi connectivity index (χ1v) is 16.4. The van der Waals surface area contributed by atoms with Crippen LogP contribution in [0.1, 0.15) is 80.2 Å². The molecule has 3 heterocycles. The van der Waals surface area contributed by atoms with Crippen LogP contribution in [0.2, 0.25) is 5.02 Å². The van der Waals surface area contributed by atoms with Crippen molar-refractivity contribution in [2.24, 2.45) is 0 Å². The molecule has 2 saturated heterocycles. The molecule has 9 heteroatoms. The van der Waals surface area contributed by atoms with Crippen molar-refractivity contribution in [2.75, 3.05) is 19.6 Å². The fourth-order valence-electron chi connectivity index (χ4n) is 6.82. The summed E-state index contributed by atoms with van der Waals surface area (Å²) in [6.07, 6.45) is 0.908. The summed E-state index contributed by atoms with van der Waals surface area (Å²) in [7, 11) is 0. The molecule has 4 aromatic rings. The van der Waals surface area contributed by atoms with E-state index >= 15 is 0 Å². The fraction of sp³-hybridized carbons (Fsp3) is 0.316. The van der Waals surface area contributed by atoms with Crippen LogP contribution in [0.3, 0.4) is 0 Å². The van der Waals surface area contributed by atoms with E-state index in [-0.39, 0.29) is 37.2 Å². The number of fused-ring (bicyclic) bond motifs is 1. The van der Waals surface area contributed by atoms with Crippen LogP contribution < -0.4 is 0 Å². The second kappa shape index (κ2) is 13.3. The van der Waals surface area contributed by atoms with Gasteiger partial charge in [0.1, 0.15) is 0 Å². The smallest absolute Gasteiger partial charge is 0.261 e. The normalized spacial score (nSPS) is 22.8. The molecular weight excluding hydrogens is 616 g/mol. The van der Waals surface area contributed by atoms with Gasteiger partial charge in [-0.05, 0) is 59.4 Å². The van der Waals surface area contributed by atoms with Gasteiger partial charge in [0.15, 0.2) is 6.29 Å². The summed E-state index contributed by atoms with van der Waals surface area (Å²) in [5.74, 6) is -0.563. The number of aliphatic hydroxyl groups is 2. The van der Waals surface area contributed by atoms with Crippen LogP contribution in [0.15, 0.2) is 97.1 Å². The lowest BCUT2D eigenvalue weighted by Gasteiger charge is -2.42. The molecule has 3 aliphatic rings. The predicted molar refractivity (Wildman–Crippen MR) is 177 cm³/mol. The Hall–Kier alpha value is -3.89. The Balaban J connectivity index is 1.05. The van der Waals surface area contributed by atoms with Crippen LogP contribution in [0.4, 0.5) is 0 Å². The van der Waals surface area contributed by atoms with Crippen molar-refractivity contribution in [1.82, 2.24) is 9.80 Å². The summed E-state index contributed by atoms with van der Waals surface area (Å²) in [6, 6.07) is 29.8. The molecule has 0 bridgehead atoms. The Morgan fingerprint density at radius 2 is 1.36 bits per heavy atom. The van der Waals surface area contributed by atoms with E-state index in [1.54, 1.807) is 24.3 Å². The summed E-state index contributed by atoms with van der Waals surface area (Å²) in [6.45, 7) is 2.31. The third kappa shape index (κ3) is 6.63. The Morgan fingerprint density at radius 3 is 1.98 bits per heavy atom. The average Bonchev–Trinajstić information content (AvgIpc) is 3.34. The summed E-state index contributed by atoms with van der Waals surface area (Å²) < 4.78 is 13.1. The van der Waals surface area contributed by atoms with Crippen LogP contribution in [0, 0.1) is 0 Å². The van der Waals surface area contributed by atoms with Gasteiger partial charge in [-0.25, -0.2) is 0 Å². The quantitative estimate of drug-likeness (QED) is 0.220. The SMILES string of the molecule is O=C1c2ccccc2C(=O)N1Cc1ccc([C@@H]2O[C@H](CN3CCC(O)(c4ccc(Cl)cc4)CC3)C[C@H](c3ccc(CO)cc3)O2)cc1. The standard InChI is InChI=1S/C38H37ClN2O6/c39-30-15-13-29(14-16-30)38(45)17-19-40(20-18-38)23-31-21-34(27-9-7-26(24-42)8-10-27)47-37(46-31)28-11-5-25(6-12-28)22-41-35(43)32-3-1-2-4-33(32)36(41)44/h1-16,31,34,37,42,45H,17-24H2/t31-,34+,37+/m0/s1. The van der Waals surface area contributed by atoms with Gasteiger partial charge in [0, 0.05) is 36.6 Å². The van der Waals surface area contributed by atoms with Gasteiger partial charge in [-0.15, -0.1) is 0 Å². The fourth-order valence-corrected chi connectivity index (χ4v) is 6.95. The molecule has 4 aromatic carbocycles. The molecule has 0 unspecified atom stereocenters. The number of nitrogens with zero attached hydrogens (tertiary/aromatic N) is 2. The molecule has 47 heavy (non-hydrogen) atoms. The first-order valence-electron chi connectivity index (χ1n) is 16.0. The number of carbonyl (C=O) groups excluding carboxylic acids is 2. The zero-order valence-electron chi connectivity index (χ0n) is 25.9. The molecule has 8 nitrogen and oxygen atoms in total. The molecule has 0 spiro atoms. The van der Waals surface area contributed by atoms with Crippen LogP contribution >= 0.6 is 11.6 Å². The number of hydrogen-bond acceptors (Lipinski definition) is 7. The molecule has 242 valence electrons. The first kappa shape index (κ1) is 31.7. The van der Waals surface area contributed by atoms with E-state index in [0.717, 1.165) is 40.9 Å². The molecule has 0 aromatic heterocycles. The number of piperidine rings is 1. The highest BCUT2D eigenvalue weighted by Crippen LogP contribution is 2.40. The summed E-state index contributed by atoms with van der Waals surface area (Å²) in [5, 5.41) is 21.6. The largest absolute Gasteiger partial charge is 0.392 e. The first-order chi connectivity index (χ1) is 22.8. The van der Waals surface area contributed by atoms with E-state index in [4.69, 9.17) is 21.1 Å². The second-order valence-electron chi connectivity index (χ2n) is 12.7. The number of amides is 2. The lowest BCUT2D eigenvalue weighted by Crippen LogP contribution is -2.46. The van der Waals surface area contributed by atoms with Gasteiger partial charge >= 0.3 is 0 Å². The van der Waals surface area contributed by atoms with Crippen LogP contribution in [-0.2, 0) is 28.2 Å². The van der Waals surface area contributed by atoms with Crippen molar-refractivity contribution in [1.29, 1.82) is 0 Å². The zero-order valence-corrected chi connectivity index (χ0v) is 26.7. The number of likely N-dealkylation sites (tertiary alicyclic amines) is 1. The lowest BCUT2D eigenvalue weighted by atomic mass is 9.84. The highest BCUT2D eigenvalue weighted by atomic mass is 35.5. The molecule has 0 radical (unpaired) electrons. The molecule has 3 atom stereocenters. The minimum atomic E-state index is -0.883. The zero-order chi connectivity index (χ0) is 32.5. The van der Waals surface area contributed by atoms with Gasteiger partial charge in [0.05, 0.1) is 42.1 Å². The molecule has 7 rings (SSSR count). The predicted octanol–water partition coefficient (Wildman–Crippen LogP) is 6.16. The van der Waals surface area contributed by atoms with Gasteiger partial charge in [0.2, 0.25) is 0 Å². The van der Waals surface area contributed by atoms with Gasteiger partial charge in [0.25, 0.3) is 11.8 Å². The third-order valence-electron chi connectivity index (χ3n) is 9.61. The summed E-state index contributed by atoms with van der Waals surface area (Å²) >= 11 is 6.07. The maximum Gasteiger partial charge on any atom is 0.261 e.